The van der Waals surface area contributed by atoms with Crippen LogP contribution in [0.5, 0.6) is 0 Å². The summed E-state index contributed by atoms with van der Waals surface area (Å²) in [7, 11) is 0. The molecule has 0 aromatic heterocycles. The molecule has 0 fully saturated rings. The molecule has 0 N–H and O–H groups in total. The van der Waals surface area contributed by atoms with E-state index in [-0.39, 0.29) is 6.10 Å². The quantitative estimate of drug-likeness (QED) is 0.587. The third-order valence-corrected chi connectivity index (χ3v) is 5.35. The van der Waals surface area contributed by atoms with E-state index < -0.39 is 18.1 Å². The summed E-state index contributed by atoms with van der Waals surface area (Å²) in [5.74, 6) is -1.27. The number of carbonyl (C=O) groups is 1. The highest BCUT2D eigenvalue weighted by Crippen LogP contribution is 2.28. The monoisotopic (exact) mass is 344 g/mol. The summed E-state index contributed by atoms with van der Waals surface area (Å²) in [5, 5.41) is 0. The molecule has 2 aromatic carbocycles. The van der Waals surface area contributed by atoms with Crippen molar-refractivity contribution in [3.63, 3.8) is 0 Å². The Kier molecular flexibility index (Phi) is 5.24. The minimum Gasteiger partial charge on any atom is -0.460 e. The van der Waals surface area contributed by atoms with E-state index in [4.69, 9.17) is 4.74 Å². The Morgan fingerprint density at radius 3 is 2.25 bits per heavy atom. The molecule has 0 aliphatic heterocycles. The first kappa shape index (κ1) is 17.0. The minimum atomic E-state index is -1.64. The lowest BCUT2D eigenvalue weighted by Gasteiger charge is -2.19. The van der Waals surface area contributed by atoms with Gasteiger partial charge in [0.15, 0.2) is 0 Å². The lowest BCUT2D eigenvalue weighted by atomic mass is 9.96. The standard InChI is InChI=1S/C20H21FO2S/c1-13(14-7-9-18(24-2)10-8-14)19(21)20(22)23-17-11-15-5-3-4-6-16(15)12-17/h3-10,13,17,19H,11-12H2,1-2H3/t13-,19-/m0/s1. The molecule has 24 heavy (non-hydrogen) atoms. The van der Waals surface area contributed by atoms with Crippen LogP contribution >= 0.6 is 11.8 Å². The average molecular weight is 344 g/mol. The summed E-state index contributed by atoms with van der Waals surface area (Å²) in [4.78, 5) is 13.3. The largest absolute Gasteiger partial charge is 0.460 e. The molecular weight excluding hydrogens is 323 g/mol. The molecule has 0 saturated carbocycles. The SMILES string of the molecule is CSc1ccc([C@H](C)[C@H](F)C(=O)OC2Cc3ccccc3C2)cc1. The van der Waals surface area contributed by atoms with Crippen LogP contribution in [-0.2, 0) is 22.4 Å². The summed E-state index contributed by atoms with van der Waals surface area (Å²) in [6, 6.07) is 15.7. The Labute approximate surface area is 146 Å². The van der Waals surface area contributed by atoms with Crippen molar-refractivity contribution in [1.82, 2.24) is 0 Å². The van der Waals surface area contributed by atoms with Crippen molar-refractivity contribution in [3.8, 4) is 0 Å². The Balaban J connectivity index is 1.60. The molecule has 3 rings (SSSR count). The molecule has 2 aromatic rings. The zero-order valence-electron chi connectivity index (χ0n) is 13.9. The van der Waals surface area contributed by atoms with Crippen LogP contribution in [0.25, 0.3) is 0 Å². The molecule has 0 spiro atoms. The van der Waals surface area contributed by atoms with Crippen LogP contribution in [0.3, 0.4) is 0 Å². The van der Waals surface area contributed by atoms with Gasteiger partial charge in [-0.15, -0.1) is 11.8 Å². The van der Waals surface area contributed by atoms with Crippen LogP contribution in [-0.4, -0.2) is 24.5 Å². The third-order valence-electron chi connectivity index (χ3n) is 4.60. The van der Waals surface area contributed by atoms with E-state index in [1.807, 2.05) is 54.8 Å². The lowest BCUT2D eigenvalue weighted by molar-refractivity contribution is -0.155. The fourth-order valence-corrected chi connectivity index (χ4v) is 3.52. The number of halogens is 1. The Bertz CT molecular complexity index is 689. The van der Waals surface area contributed by atoms with Crippen LogP contribution in [0.15, 0.2) is 53.4 Å². The maximum absolute atomic E-state index is 14.6. The van der Waals surface area contributed by atoms with Crippen LogP contribution in [0.4, 0.5) is 4.39 Å². The number of thioether (sulfide) groups is 1. The number of alkyl halides is 1. The van der Waals surface area contributed by atoms with Gasteiger partial charge in [-0.2, -0.15) is 0 Å². The smallest absolute Gasteiger partial charge is 0.341 e. The van der Waals surface area contributed by atoms with Crippen LogP contribution in [0.1, 0.15) is 29.5 Å². The second kappa shape index (κ2) is 7.39. The molecule has 4 heteroatoms. The number of rotatable bonds is 5. The summed E-state index contributed by atoms with van der Waals surface area (Å²) in [5.41, 5.74) is 3.18. The van der Waals surface area contributed by atoms with Gasteiger partial charge in [0.2, 0.25) is 6.17 Å². The molecule has 0 heterocycles. The molecule has 2 nitrogen and oxygen atoms in total. The van der Waals surface area contributed by atoms with E-state index in [0.29, 0.717) is 12.8 Å². The predicted molar refractivity (Wildman–Crippen MR) is 95.3 cm³/mol. The van der Waals surface area contributed by atoms with Gasteiger partial charge in [-0.05, 0) is 35.1 Å². The molecule has 2 atom stereocenters. The zero-order valence-corrected chi connectivity index (χ0v) is 14.7. The normalized spacial score (nSPS) is 16.5. The van der Waals surface area contributed by atoms with Crippen LogP contribution in [0, 0.1) is 0 Å². The highest BCUT2D eigenvalue weighted by atomic mass is 32.2. The summed E-state index contributed by atoms with van der Waals surface area (Å²) < 4.78 is 20.0. The Morgan fingerprint density at radius 1 is 1.12 bits per heavy atom. The van der Waals surface area contributed by atoms with E-state index in [1.165, 1.54) is 11.1 Å². The fraction of sp³-hybridized carbons (Fsp3) is 0.350. The first-order valence-corrected chi connectivity index (χ1v) is 9.36. The maximum atomic E-state index is 14.6. The fourth-order valence-electron chi connectivity index (χ4n) is 3.11. The van der Waals surface area contributed by atoms with Crippen molar-refractivity contribution in [2.75, 3.05) is 6.26 Å². The summed E-state index contributed by atoms with van der Waals surface area (Å²) in [6.45, 7) is 1.73. The van der Waals surface area contributed by atoms with E-state index >= 15 is 0 Å². The van der Waals surface area contributed by atoms with Crippen LogP contribution < -0.4 is 0 Å². The number of esters is 1. The van der Waals surface area contributed by atoms with Crippen molar-refractivity contribution in [1.29, 1.82) is 0 Å². The van der Waals surface area contributed by atoms with Crippen molar-refractivity contribution in [2.45, 2.75) is 42.9 Å². The number of hydrogen-bond acceptors (Lipinski definition) is 3. The van der Waals surface area contributed by atoms with Gasteiger partial charge in [-0.3, -0.25) is 0 Å². The molecule has 0 saturated heterocycles. The van der Waals surface area contributed by atoms with Gasteiger partial charge in [0.05, 0.1) is 0 Å². The lowest BCUT2D eigenvalue weighted by Crippen LogP contribution is -2.29. The third kappa shape index (κ3) is 3.64. The first-order chi connectivity index (χ1) is 11.6. The van der Waals surface area contributed by atoms with Gasteiger partial charge in [0.1, 0.15) is 6.10 Å². The van der Waals surface area contributed by atoms with Gasteiger partial charge in [0, 0.05) is 23.7 Å². The molecular formula is C20H21FO2S. The van der Waals surface area contributed by atoms with Gasteiger partial charge in [-0.25, -0.2) is 9.18 Å². The number of benzene rings is 2. The van der Waals surface area contributed by atoms with Crippen molar-refractivity contribution < 1.29 is 13.9 Å². The number of fused-ring (bicyclic) bond motifs is 1. The van der Waals surface area contributed by atoms with E-state index in [2.05, 4.69) is 0 Å². The number of carbonyl (C=O) groups excluding carboxylic acids is 1. The van der Waals surface area contributed by atoms with E-state index in [9.17, 15) is 9.18 Å². The van der Waals surface area contributed by atoms with E-state index in [0.717, 1.165) is 10.5 Å². The summed E-state index contributed by atoms with van der Waals surface area (Å²) in [6.07, 6.45) is 1.44. The second-order valence-corrected chi connectivity index (χ2v) is 7.08. The summed E-state index contributed by atoms with van der Waals surface area (Å²) >= 11 is 1.63. The first-order valence-electron chi connectivity index (χ1n) is 8.13. The van der Waals surface area contributed by atoms with Gasteiger partial charge in [-0.1, -0.05) is 43.3 Å². The van der Waals surface area contributed by atoms with Crippen molar-refractivity contribution >= 4 is 17.7 Å². The van der Waals surface area contributed by atoms with Crippen molar-refractivity contribution in [2.24, 2.45) is 0 Å². The molecule has 126 valence electrons. The van der Waals surface area contributed by atoms with Crippen molar-refractivity contribution in [3.05, 3.63) is 65.2 Å². The van der Waals surface area contributed by atoms with Gasteiger partial charge >= 0.3 is 5.97 Å². The Hall–Kier alpha value is -1.81. The second-order valence-electron chi connectivity index (χ2n) is 6.20. The minimum absolute atomic E-state index is 0.251. The molecule has 0 amide bonds. The zero-order chi connectivity index (χ0) is 17.1. The van der Waals surface area contributed by atoms with Gasteiger partial charge in [0.25, 0.3) is 0 Å². The molecule has 0 radical (unpaired) electrons. The number of hydrogen-bond donors (Lipinski definition) is 0. The maximum Gasteiger partial charge on any atom is 0.341 e. The highest BCUT2D eigenvalue weighted by molar-refractivity contribution is 7.98. The topological polar surface area (TPSA) is 26.3 Å². The predicted octanol–water partition coefficient (Wildman–Crippen LogP) is 4.56. The molecule has 1 aliphatic rings. The highest BCUT2D eigenvalue weighted by Gasteiger charge is 2.31. The molecule has 0 bridgehead atoms. The van der Waals surface area contributed by atoms with Gasteiger partial charge < -0.3 is 4.74 Å². The molecule has 0 unspecified atom stereocenters. The number of ether oxygens (including phenoxy) is 1. The van der Waals surface area contributed by atoms with E-state index in [1.54, 1.807) is 18.7 Å². The Morgan fingerprint density at radius 2 is 1.71 bits per heavy atom. The molecule has 1 aliphatic carbocycles. The average Bonchev–Trinajstić information content (AvgIpc) is 3.02. The van der Waals surface area contributed by atoms with Crippen LogP contribution in [0.2, 0.25) is 0 Å².